The van der Waals surface area contributed by atoms with Crippen LogP contribution in [0.2, 0.25) is 0 Å². The second-order valence-corrected chi connectivity index (χ2v) is 6.98. The van der Waals surface area contributed by atoms with Gasteiger partial charge in [-0.3, -0.25) is 9.59 Å². The van der Waals surface area contributed by atoms with Gasteiger partial charge in [0.15, 0.2) is 11.6 Å². The van der Waals surface area contributed by atoms with Gasteiger partial charge in [-0.05, 0) is 30.3 Å². The second-order valence-electron chi connectivity index (χ2n) is 6.98. The number of benzene rings is 3. The maximum atomic E-state index is 12.9. The number of carboxylic acid groups (broad SMARTS) is 4. The predicted octanol–water partition coefficient (Wildman–Crippen LogP) is 2.94. The molecule has 34 heavy (non-hydrogen) atoms. The fraction of sp³-hybridized carbons (Fsp3) is 0. The third-order valence-corrected chi connectivity index (χ3v) is 4.87. The molecule has 0 heterocycles. The largest absolute Gasteiger partial charge is 0.478 e. The molecule has 0 bridgehead atoms. The number of carbonyl (C=O) groups excluding carboxylic acids is 2. The summed E-state index contributed by atoms with van der Waals surface area (Å²) in [6, 6.07) is 11.4. The Morgan fingerprint density at radius 3 is 1.06 bits per heavy atom. The van der Waals surface area contributed by atoms with Crippen molar-refractivity contribution in [3.05, 3.63) is 105 Å². The Bertz CT molecular complexity index is 1300. The lowest BCUT2D eigenvalue weighted by molar-refractivity contribution is 0.0651. The van der Waals surface area contributed by atoms with Gasteiger partial charge in [-0.2, -0.15) is 0 Å². The molecule has 4 N–H and O–H groups in total. The molecule has 10 heteroatoms. The van der Waals surface area contributed by atoms with Gasteiger partial charge in [0.05, 0.1) is 22.3 Å². The Kier molecular flexibility index (Phi) is 6.35. The summed E-state index contributed by atoms with van der Waals surface area (Å²) >= 11 is 0. The average molecular weight is 462 g/mol. The van der Waals surface area contributed by atoms with Crippen LogP contribution in [0.25, 0.3) is 0 Å². The van der Waals surface area contributed by atoms with E-state index in [-0.39, 0.29) is 22.3 Å². The molecule has 0 aliphatic heterocycles. The van der Waals surface area contributed by atoms with E-state index in [1.807, 2.05) is 0 Å². The molecule has 0 aliphatic rings. The van der Waals surface area contributed by atoms with E-state index in [4.69, 9.17) is 10.2 Å². The maximum Gasteiger partial charge on any atom is 0.336 e. The van der Waals surface area contributed by atoms with E-state index in [1.165, 1.54) is 24.3 Å². The molecule has 10 nitrogen and oxygen atoms in total. The molecule has 0 amide bonds. The molecule has 0 radical (unpaired) electrons. The van der Waals surface area contributed by atoms with Gasteiger partial charge in [-0.25, -0.2) is 19.2 Å². The van der Waals surface area contributed by atoms with Crippen molar-refractivity contribution in [1.29, 1.82) is 0 Å². The van der Waals surface area contributed by atoms with Gasteiger partial charge in [-0.1, -0.05) is 30.3 Å². The van der Waals surface area contributed by atoms with Gasteiger partial charge in [0.25, 0.3) is 0 Å². The molecule has 0 aromatic heterocycles. The zero-order valence-corrected chi connectivity index (χ0v) is 17.0. The summed E-state index contributed by atoms with van der Waals surface area (Å²) in [6.45, 7) is 0. The normalized spacial score (nSPS) is 10.4. The van der Waals surface area contributed by atoms with Crippen LogP contribution in [0, 0.1) is 0 Å². The van der Waals surface area contributed by atoms with E-state index in [0.717, 1.165) is 36.4 Å². The summed E-state index contributed by atoms with van der Waals surface area (Å²) in [5.74, 6) is -7.37. The van der Waals surface area contributed by atoms with E-state index in [2.05, 4.69) is 0 Å². The highest BCUT2D eigenvalue weighted by molar-refractivity contribution is 6.15. The van der Waals surface area contributed by atoms with Crippen LogP contribution in [0.5, 0.6) is 0 Å². The Balaban J connectivity index is 2.00. The Morgan fingerprint density at radius 2 is 0.735 bits per heavy atom. The fourth-order valence-electron chi connectivity index (χ4n) is 3.23. The van der Waals surface area contributed by atoms with Gasteiger partial charge in [0, 0.05) is 22.3 Å². The summed E-state index contributed by atoms with van der Waals surface area (Å²) in [6.07, 6.45) is 0. The lowest BCUT2D eigenvalue weighted by Gasteiger charge is -2.08. The molecule has 0 aliphatic carbocycles. The smallest absolute Gasteiger partial charge is 0.336 e. The minimum Gasteiger partial charge on any atom is -0.478 e. The van der Waals surface area contributed by atoms with Crippen molar-refractivity contribution < 1.29 is 49.2 Å². The van der Waals surface area contributed by atoms with Gasteiger partial charge in [0.1, 0.15) is 0 Å². The lowest BCUT2D eigenvalue weighted by atomic mass is 9.94. The second kappa shape index (κ2) is 9.17. The number of hydrogen-bond donors (Lipinski definition) is 4. The summed E-state index contributed by atoms with van der Waals surface area (Å²) in [7, 11) is 0. The van der Waals surface area contributed by atoms with Crippen LogP contribution in [-0.4, -0.2) is 55.9 Å². The first-order chi connectivity index (χ1) is 16.0. The van der Waals surface area contributed by atoms with Crippen molar-refractivity contribution in [2.45, 2.75) is 0 Å². The predicted molar refractivity (Wildman–Crippen MR) is 114 cm³/mol. The van der Waals surface area contributed by atoms with Crippen LogP contribution in [0.3, 0.4) is 0 Å². The number of carbonyl (C=O) groups is 6. The minimum absolute atomic E-state index is 0.00845. The van der Waals surface area contributed by atoms with Crippen LogP contribution in [0.4, 0.5) is 0 Å². The molecule has 3 aromatic rings. The van der Waals surface area contributed by atoms with Crippen molar-refractivity contribution in [3.8, 4) is 0 Å². The molecule has 0 atom stereocenters. The summed E-state index contributed by atoms with van der Waals surface area (Å²) in [5.41, 5.74) is -2.40. The molecular weight excluding hydrogens is 448 g/mol. The zero-order valence-electron chi connectivity index (χ0n) is 17.0. The monoisotopic (exact) mass is 462 g/mol. The van der Waals surface area contributed by atoms with Gasteiger partial charge in [-0.15, -0.1) is 0 Å². The minimum atomic E-state index is -1.53. The van der Waals surface area contributed by atoms with Gasteiger partial charge in [0.2, 0.25) is 0 Å². The van der Waals surface area contributed by atoms with Crippen molar-refractivity contribution in [3.63, 3.8) is 0 Å². The summed E-state index contributed by atoms with van der Waals surface area (Å²) in [4.78, 5) is 70.9. The van der Waals surface area contributed by atoms with Crippen LogP contribution in [0.15, 0.2) is 60.7 Å². The van der Waals surface area contributed by atoms with Crippen molar-refractivity contribution in [2.24, 2.45) is 0 Å². The molecule has 0 spiro atoms. The van der Waals surface area contributed by atoms with Crippen molar-refractivity contribution >= 4 is 35.4 Å². The van der Waals surface area contributed by atoms with E-state index in [9.17, 15) is 39.0 Å². The van der Waals surface area contributed by atoms with Crippen LogP contribution < -0.4 is 0 Å². The highest BCUT2D eigenvalue weighted by atomic mass is 16.4. The van der Waals surface area contributed by atoms with Crippen LogP contribution in [-0.2, 0) is 0 Å². The van der Waals surface area contributed by atoms with Crippen molar-refractivity contribution in [1.82, 2.24) is 0 Å². The SMILES string of the molecule is O=C(c1cccc(C(=O)c2ccc(C(=O)O)c(C(=O)O)c2)c1)c1ccc(C(=O)O)c(C(=O)O)c1. The molecule has 3 rings (SSSR count). The van der Waals surface area contributed by atoms with Crippen LogP contribution in [0.1, 0.15) is 73.3 Å². The first-order valence-electron chi connectivity index (χ1n) is 9.42. The van der Waals surface area contributed by atoms with Gasteiger partial charge < -0.3 is 20.4 Å². The molecule has 0 fully saturated rings. The average Bonchev–Trinajstić information content (AvgIpc) is 2.82. The zero-order chi connectivity index (χ0) is 25.2. The van der Waals surface area contributed by atoms with E-state index >= 15 is 0 Å². The number of hydrogen-bond acceptors (Lipinski definition) is 6. The number of rotatable bonds is 8. The molecule has 0 saturated carbocycles. The highest BCUT2D eigenvalue weighted by Crippen LogP contribution is 2.20. The van der Waals surface area contributed by atoms with Crippen molar-refractivity contribution in [2.75, 3.05) is 0 Å². The number of aromatic carboxylic acids is 4. The Hall–Kier alpha value is -5.12. The lowest BCUT2D eigenvalue weighted by Crippen LogP contribution is -2.12. The number of carboxylic acids is 4. The summed E-state index contributed by atoms with van der Waals surface area (Å²) < 4.78 is 0. The van der Waals surface area contributed by atoms with E-state index < -0.39 is 57.7 Å². The Morgan fingerprint density at radius 1 is 0.412 bits per heavy atom. The first kappa shape index (κ1) is 23.5. The first-order valence-corrected chi connectivity index (χ1v) is 9.42. The summed E-state index contributed by atoms with van der Waals surface area (Å²) in [5, 5.41) is 36.7. The Labute approximate surface area is 190 Å². The standard InChI is InChI=1S/C24H14O10/c25-19(13-4-6-15(21(27)28)17(9-13)23(31)32)11-2-1-3-12(8-11)20(26)14-5-7-16(22(29)30)18(10-14)24(33)34/h1-10H,(H,27,28)(H,29,30)(H,31,32)(H,33,34). The van der Waals surface area contributed by atoms with Crippen LogP contribution >= 0.6 is 0 Å². The van der Waals surface area contributed by atoms with E-state index in [1.54, 1.807) is 0 Å². The molecule has 170 valence electrons. The highest BCUT2D eigenvalue weighted by Gasteiger charge is 2.22. The quantitative estimate of drug-likeness (QED) is 0.363. The molecule has 3 aromatic carbocycles. The topological polar surface area (TPSA) is 183 Å². The van der Waals surface area contributed by atoms with Gasteiger partial charge >= 0.3 is 23.9 Å². The number of ketones is 2. The third-order valence-electron chi connectivity index (χ3n) is 4.87. The molecular formula is C24H14O10. The molecule has 0 unspecified atom stereocenters. The van der Waals surface area contributed by atoms with E-state index in [0.29, 0.717) is 0 Å². The fourth-order valence-corrected chi connectivity index (χ4v) is 3.23. The molecule has 0 saturated heterocycles. The third kappa shape index (κ3) is 4.55. The maximum absolute atomic E-state index is 12.9.